The van der Waals surface area contributed by atoms with Crippen LogP contribution in [-0.2, 0) is 4.79 Å². The van der Waals surface area contributed by atoms with Crippen LogP contribution in [0.15, 0.2) is 54.6 Å². The lowest BCUT2D eigenvalue weighted by Gasteiger charge is -2.21. The Morgan fingerprint density at radius 3 is 2.56 bits per heavy atom. The molecule has 0 aliphatic rings. The van der Waals surface area contributed by atoms with Gasteiger partial charge in [-0.3, -0.25) is 9.69 Å². The monoisotopic (exact) mass is 447 g/mol. The van der Waals surface area contributed by atoms with E-state index in [-0.39, 0.29) is 12.5 Å². The van der Waals surface area contributed by atoms with E-state index in [4.69, 9.17) is 9.72 Å². The highest BCUT2D eigenvalue weighted by Crippen LogP contribution is 2.32. The first-order valence-corrected chi connectivity index (χ1v) is 11.7. The molecule has 0 aliphatic heterocycles. The van der Waals surface area contributed by atoms with E-state index in [9.17, 15) is 4.79 Å². The molecule has 0 N–H and O–H groups in total. The standard InChI is InChI=1S/C26H29N3O2S/c1-18-10-13-23-25(19(18)2)27-26(32-23)29(15-7-14-28(3)4)24(30)17-31-22-12-11-20-8-5-6-9-21(20)16-22/h5-6,8-13,16H,7,14-15,17H2,1-4H3. The summed E-state index contributed by atoms with van der Waals surface area (Å²) in [5, 5.41) is 2.98. The van der Waals surface area contributed by atoms with E-state index in [0.29, 0.717) is 12.3 Å². The first-order valence-electron chi connectivity index (χ1n) is 10.9. The third kappa shape index (κ3) is 4.92. The second-order valence-corrected chi connectivity index (χ2v) is 9.36. The van der Waals surface area contributed by atoms with Crippen molar-refractivity contribution in [1.82, 2.24) is 9.88 Å². The van der Waals surface area contributed by atoms with Gasteiger partial charge in [0, 0.05) is 6.54 Å². The highest BCUT2D eigenvalue weighted by molar-refractivity contribution is 7.22. The number of nitrogens with zero attached hydrogens (tertiary/aromatic N) is 3. The van der Waals surface area contributed by atoms with Crippen LogP contribution in [0.25, 0.3) is 21.0 Å². The number of aryl methyl sites for hydroxylation is 2. The van der Waals surface area contributed by atoms with Crippen molar-refractivity contribution in [3.8, 4) is 5.75 Å². The van der Waals surface area contributed by atoms with Crippen molar-refractivity contribution in [3.63, 3.8) is 0 Å². The van der Waals surface area contributed by atoms with Gasteiger partial charge in [0.15, 0.2) is 11.7 Å². The average molecular weight is 448 g/mol. The number of benzene rings is 3. The zero-order valence-corrected chi connectivity index (χ0v) is 19.9. The van der Waals surface area contributed by atoms with E-state index >= 15 is 0 Å². The van der Waals surface area contributed by atoms with Crippen molar-refractivity contribution >= 4 is 43.4 Å². The molecule has 0 fully saturated rings. The molecule has 32 heavy (non-hydrogen) atoms. The van der Waals surface area contributed by atoms with Crippen LogP contribution in [0.2, 0.25) is 0 Å². The van der Waals surface area contributed by atoms with E-state index in [1.54, 1.807) is 16.2 Å². The second kappa shape index (κ2) is 9.67. The molecular formula is C26H29N3O2S. The maximum absolute atomic E-state index is 13.2. The molecule has 4 aromatic rings. The van der Waals surface area contributed by atoms with Gasteiger partial charge in [-0.2, -0.15) is 0 Å². The summed E-state index contributed by atoms with van der Waals surface area (Å²) >= 11 is 1.56. The summed E-state index contributed by atoms with van der Waals surface area (Å²) in [6, 6.07) is 18.2. The zero-order chi connectivity index (χ0) is 22.7. The molecule has 3 aromatic carbocycles. The number of aromatic nitrogens is 1. The smallest absolute Gasteiger partial charge is 0.266 e. The third-order valence-electron chi connectivity index (χ3n) is 5.68. The number of ether oxygens (including phenoxy) is 1. The van der Waals surface area contributed by atoms with Crippen LogP contribution in [0.3, 0.4) is 0 Å². The summed E-state index contributed by atoms with van der Waals surface area (Å²) in [5.74, 6) is 0.617. The van der Waals surface area contributed by atoms with Gasteiger partial charge >= 0.3 is 0 Å². The summed E-state index contributed by atoms with van der Waals surface area (Å²) in [4.78, 5) is 22.0. The third-order valence-corrected chi connectivity index (χ3v) is 6.72. The van der Waals surface area contributed by atoms with Crippen molar-refractivity contribution in [2.24, 2.45) is 0 Å². The fourth-order valence-corrected chi connectivity index (χ4v) is 4.75. The van der Waals surface area contributed by atoms with E-state index in [0.717, 1.165) is 44.6 Å². The van der Waals surface area contributed by atoms with Gasteiger partial charge in [-0.25, -0.2) is 4.98 Å². The Kier molecular flexibility index (Phi) is 6.72. The minimum absolute atomic E-state index is 0.0196. The number of carbonyl (C=O) groups excluding carboxylic acids is 1. The molecule has 0 spiro atoms. The average Bonchev–Trinajstić information content (AvgIpc) is 3.22. The highest BCUT2D eigenvalue weighted by Gasteiger charge is 2.21. The molecule has 0 bridgehead atoms. The molecule has 0 unspecified atom stereocenters. The highest BCUT2D eigenvalue weighted by atomic mass is 32.1. The van der Waals surface area contributed by atoms with Crippen LogP contribution >= 0.6 is 11.3 Å². The summed E-state index contributed by atoms with van der Waals surface area (Å²) in [5.41, 5.74) is 3.35. The Labute approximate surface area is 193 Å². The van der Waals surface area contributed by atoms with Gasteiger partial charge < -0.3 is 9.64 Å². The largest absolute Gasteiger partial charge is 0.484 e. The summed E-state index contributed by atoms with van der Waals surface area (Å²) in [6.45, 7) is 5.66. The minimum atomic E-state index is -0.0784. The molecule has 166 valence electrons. The van der Waals surface area contributed by atoms with Gasteiger partial charge in [0.1, 0.15) is 5.75 Å². The minimum Gasteiger partial charge on any atom is -0.484 e. The van der Waals surface area contributed by atoms with Crippen molar-refractivity contribution in [2.75, 3.05) is 38.7 Å². The van der Waals surface area contributed by atoms with E-state index in [1.807, 2.05) is 50.5 Å². The fraction of sp³-hybridized carbons (Fsp3) is 0.308. The van der Waals surface area contributed by atoms with Crippen LogP contribution < -0.4 is 9.64 Å². The Morgan fingerprint density at radius 2 is 1.78 bits per heavy atom. The van der Waals surface area contributed by atoms with Crippen LogP contribution in [0, 0.1) is 13.8 Å². The first kappa shape index (κ1) is 22.2. The van der Waals surface area contributed by atoms with Gasteiger partial charge in [0.2, 0.25) is 0 Å². The number of fused-ring (bicyclic) bond motifs is 2. The number of carbonyl (C=O) groups is 1. The summed E-state index contributed by atoms with van der Waals surface area (Å²) in [6.07, 6.45) is 0.864. The number of hydrogen-bond donors (Lipinski definition) is 0. The quantitative estimate of drug-likeness (QED) is 0.361. The molecule has 4 rings (SSSR count). The molecule has 5 nitrogen and oxygen atoms in total. The number of thiazole rings is 1. The normalized spacial score (nSPS) is 11.4. The molecule has 0 atom stereocenters. The fourth-order valence-electron chi connectivity index (χ4n) is 3.68. The van der Waals surface area contributed by atoms with Crippen molar-refractivity contribution in [3.05, 3.63) is 65.7 Å². The Morgan fingerprint density at radius 1 is 1.00 bits per heavy atom. The van der Waals surface area contributed by atoms with Crippen LogP contribution in [0.4, 0.5) is 5.13 Å². The first-order chi connectivity index (χ1) is 15.4. The van der Waals surface area contributed by atoms with Gasteiger partial charge in [-0.1, -0.05) is 47.7 Å². The molecule has 1 amide bonds. The molecule has 0 radical (unpaired) electrons. The van der Waals surface area contributed by atoms with Gasteiger partial charge in [-0.05, 0) is 81.0 Å². The maximum atomic E-state index is 13.2. The van der Waals surface area contributed by atoms with Crippen molar-refractivity contribution in [2.45, 2.75) is 20.3 Å². The molecule has 1 aromatic heterocycles. The van der Waals surface area contributed by atoms with Crippen LogP contribution in [0.1, 0.15) is 17.5 Å². The van der Waals surface area contributed by atoms with E-state index < -0.39 is 0 Å². The van der Waals surface area contributed by atoms with Crippen LogP contribution in [-0.4, -0.2) is 49.6 Å². The molecule has 0 aliphatic carbocycles. The number of anilines is 1. The molecule has 6 heteroatoms. The lowest BCUT2D eigenvalue weighted by molar-refractivity contribution is -0.120. The van der Waals surface area contributed by atoms with Crippen molar-refractivity contribution in [1.29, 1.82) is 0 Å². The zero-order valence-electron chi connectivity index (χ0n) is 19.1. The summed E-state index contributed by atoms with van der Waals surface area (Å²) < 4.78 is 7.00. The van der Waals surface area contributed by atoms with E-state index in [1.165, 1.54) is 5.56 Å². The molecule has 0 saturated heterocycles. The van der Waals surface area contributed by atoms with E-state index in [2.05, 4.69) is 36.9 Å². The number of hydrogen-bond acceptors (Lipinski definition) is 5. The van der Waals surface area contributed by atoms with Gasteiger partial charge in [0.25, 0.3) is 5.91 Å². The van der Waals surface area contributed by atoms with Crippen LogP contribution in [0.5, 0.6) is 5.75 Å². The summed E-state index contributed by atoms with van der Waals surface area (Å²) in [7, 11) is 4.08. The SMILES string of the molecule is Cc1ccc2sc(N(CCCN(C)C)C(=O)COc3ccc4ccccc4c3)nc2c1C. The predicted octanol–water partition coefficient (Wildman–Crippen LogP) is 5.43. The lowest BCUT2D eigenvalue weighted by Crippen LogP contribution is -2.36. The van der Waals surface area contributed by atoms with Crippen molar-refractivity contribution < 1.29 is 9.53 Å². The Hall–Kier alpha value is -2.96. The second-order valence-electron chi connectivity index (χ2n) is 8.35. The number of rotatable bonds is 8. The Balaban J connectivity index is 1.54. The van der Waals surface area contributed by atoms with Gasteiger partial charge in [0.05, 0.1) is 10.2 Å². The molecule has 0 saturated carbocycles. The maximum Gasteiger partial charge on any atom is 0.266 e. The predicted molar refractivity (Wildman–Crippen MR) is 134 cm³/mol. The molecular weight excluding hydrogens is 418 g/mol. The topological polar surface area (TPSA) is 45.7 Å². The Bertz CT molecular complexity index is 1250. The lowest BCUT2D eigenvalue weighted by atomic mass is 10.1. The molecule has 1 heterocycles. The van der Waals surface area contributed by atoms with Gasteiger partial charge in [-0.15, -0.1) is 0 Å². The number of amides is 1.